The van der Waals surface area contributed by atoms with Crippen LogP contribution in [0.4, 0.5) is 0 Å². The Morgan fingerprint density at radius 1 is 1.38 bits per heavy atom. The van der Waals surface area contributed by atoms with Gasteiger partial charge in [-0.05, 0) is 12.1 Å². The second-order valence-electron chi connectivity index (χ2n) is 3.88. The van der Waals surface area contributed by atoms with Gasteiger partial charge in [-0.2, -0.15) is 9.83 Å². The largest absolute Gasteiger partial charge is 0.426 e. The third-order valence-electron chi connectivity index (χ3n) is 2.39. The minimum absolute atomic E-state index is 0.0438. The number of fused-ring (bicyclic) bond motifs is 1. The standard InChI is InChI=1S/C11H9Cl3N6O/c12-11(13,14)5-17-19-9(15)8-10(16)20(21)7-4-2-1-3-6(7)18-8/h1-5,16,21H,(H2,15,19)/b16-10?,17-5+. The lowest BCUT2D eigenvalue weighted by Crippen LogP contribution is -2.31. The molecular weight excluding hydrogens is 339 g/mol. The Morgan fingerprint density at radius 2 is 2.05 bits per heavy atom. The van der Waals surface area contributed by atoms with Gasteiger partial charge in [0.2, 0.25) is 3.79 Å². The monoisotopic (exact) mass is 346 g/mol. The molecule has 0 unspecified atom stereocenters. The van der Waals surface area contributed by atoms with Gasteiger partial charge in [-0.15, -0.1) is 5.10 Å². The number of nitrogens with one attached hydrogen (secondary N) is 1. The van der Waals surface area contributed by atoms with Gasteiger partial charge in [-0.3, -0.25) is 5.41 Å². The fourth-order valence-corrected chi connectivity index (χ4v) is 1.65. The highest BCUT2D eigenvalue weighted by Gasteiger charge is 2.15. The topological polar surface area (TPSA) is 113 Å². The van der Waals surface area contributed by atoms with E-state index in [1.165, 1.54) is 0 Å². The predicted octanol–water partition coefficient (Wildman–Crippen LogP) is 1.81. The highest BCUT2D eigenvalue weighted by Crippen LogP contribution is 2.22. The van der Waals surface area contributed by atoms with E-state index >= 15 is 0 Å². The number of halogens is 3. The van der Waals surface area contributed by atoms with Crippen molar-refractivity contribution in [2.45, 2.75) is 3.79 Å². The van der Waals surface area contributed by atoms with Crippen LogP contribution in [0.5, 0.6) is 0 Å². The van der Waals surface area contributed by atoms with Crippen molar-refractivity contribution in [2.75, 3.05) is 0 Å². The summed E-state index contributed by atoms with van der Waals surface area (Å²) in [6.45, 7) is 0. The van der Waals surface area contributed by atoms with Crippen LogP contribution in [0, 0.1) is 5.41 Å². The predicted molar refractivity (Wildman–Crippen MR) is 82.3 cm³/mol. The summed E-state index contributed by atoms with van der Waals surface area (Å²) in [7, 11) is 0. The molecule has 2 aromatic rings. The van der Waals surface area contributed by atoms with E-state index < -0.39 is 3.79 Å². The number of alkyl halides is 3. The van der Waals surface area contributed by atoms with Crippen LogP contribution in [0.2, 0.25) is 0 Å². The van der Waals surface area contributed by atoms with Gasteiger partial charge in [0, 0.05) is 0 Å². The maximum absolute atomic E-state index is 9.92. The molecule has 1 aromatic carbocycles. The summed E-state index contributed by atoms with van der Waals surface area (Å²) in [5.74, 6) is -0.195. The molecule has 0 radical (unpaired) electrons. The Kier molecular flexibility index (Phi) is 4.36. The molecule has 0 aliphatic carbocycles. The van der Waals surface area contributed by atoms with Gasteiger partial charge in [-0.1, -0.05) is 46.9 Å². The summed E-state index contributed by atoms with van der Waals surface area (Å²) in [6, 6.07) is 6.71. The van der Waals surface area contributed by atoms with Crippen molar-refractivity contribution in [3.05, 3.63) is 35.4 Å². The van der Waals surface area contributed by atoms with Crippen molar-refractivity contribution in [1.82, 2.24) is 9.71 Å². The summed E-state index contributed by atoms with van der Waals surface area (Å²) < 4.78 is -1.06. The normalized spacial score (nSPS) is 13.2. The van der Waals surface area contributed by atoms with E-state index in [1.54, 1.807) is 24.3 Å². The smallest absolute Gasteiger partial charge is 0.227 e. The highest BCUT2D eigenvalue weighted by molar-refractivity contribution is 6.74. The number of rotatable bonds is 2. The molecule has 0 amide bonds. The van der Waals surface area contributed by atoms with Gasteiger partial charge in [-0.25, -0.2) is 4.98 Å². The maximum Gasteiger partial charge on any atom is 0.227 e. The second kappa shape index (κ2) is 5.88. The molecule has 0 spiro atoms. The molecule has 0 fully saturated rings. The molecule has 1 heterocycles. The first-order valence-corrected chi connectivity index (χ1v) is 6.63. The Morgan fingerprint density at radius 3 is 2.71 bits per heavy atom. The van der Waals surface area contributed by atoms with E-state index in [2.05, 4.69) is 15.2 Å². The lowest BCUT2D eigenvalue weighted by molar-refractivity contribution is 0.183. The van der Waals surface area contributed by atoms with Crippen LogP contribution < -0.4 is 11.2 Å². The van der Waals surface area contributed by atoms with Gasteiger partial charge in [0.15, 0.2) is 17.0 Å². The fourth-order valence-electron chi connectivity index (χ4n) is 1.51. The molecule has 4 N–H and O–H groups in total. The number of nitrogens with two attached hydrogens (primary N) is 1. The minimum Gasteiger partial charge on any atom is -0.426 e. The van der Waals surface area contributed by atoms with Crippen LogP contribution in [0.25, 0.3) is 11.0 Å². The number of amidine groups is 1. The van der Waals surface area contributed by atoms with Gasteiger partial charge in [0.05, 0.1) is 11.7 Å². The number of aromatic nitrogens is 2. The molecule has 0 aliphatic rings. The van der Waals surface area contributed by atoms with E-state index in [0.29, 0.717) is 15.8 Å². The van der Waals surface area contributed by atoms with Gasteiger partial charge in [0.1, 0.15) is 5.52 Å². The summed E-state index contributed by atoms with van der Waals surface area (Å²) in [6.07, 6.45) is 0.947. The lowest BCUT2D eigenvalue weighted by atomic mass is 10.3. The Hall–Kier alpha value is -1.83. The number of benzene rings is 1. The lowest BCUT2D eigenvalue weighted by Gasteiger charge is -2.07. The van der Waals surface area contributed by atoms with Crippen LogP contribution >= 0.6 is 34.8 Å². The van der Waals surface area contributed by atoms with Crippen LogP contribution in [-0.2, 0) is 0 Å². The molecule has 0 saturated carbocycles. The fraction of sp³-hybridized carbons (Fsp3) is 0.0909. The van der Waals surface area contributed by atoms with Crippen molar-refractivity contribution in [1.29, 1.82) is 5.41 Å². The minimum atomic E-state index is -1.71. The van der Waals surface area contributed by atoms with Crippen molar-refractivity contribution < 1.29 is 5.21 Å². The quantitative estimate of drug-likeness (QED) is 0.253. The van der Waals surface area contributed by atoms with Crippen LogP contribution in [0.15, 0.2) is 34.5 Å². The zero-order valence-corrected chi connectivity index (χ0v) is 12.6. The zero-order valence-electron chi connectivity index (χ0n) is 10.3. The average molecular weight is 348 g/mol. The van der Waals surface area contributed by atoms with Gasteiger partial charge < -0.3 is 10.9 Å². The summed E-state index contributed by atoms with van der Waals surface area (Å²) in [5, 5.41) is 24.8. The molecule has 110 valence electrons. The Balaban J connectivity index is 2.52. The van der Waals surface area contributed by atoms with Crippen LogP contribution in [-0.4, -0.2) is 30.8 Å². The third-order valence-corrected chi connectivity index (χ3v) is 2.68. The van der Waals surface area contributed by atoms with E-state index in [1.807, 2.05) is 0 Å². The first-order valence-electron chi connectivity index (χ1n) is 5.50. The number of para-hydroxylation sites is 2. The van der Waals surface area contributed by atoms with Crippen molar-refractivity contribution in [3.8, 4) is 0 Å². The molecular formula is C11H9Cl3N6O. The Bertz CT molecular complexity index is 793. The molecule has 0 saturated heterocycles. The first kappa shape index (κ1) is 15.6. The zero-order chi connectivity index (χ0) is 15.6. The molecule has 0 bridgehead atoms. The Labute approximate surface area is 133 Å². The maximum atomic E-state index is 9.92. The van der Waals surface area contributed by atoms with Crippen LogP contribution in [0.3, 0.4) is 0 Å². The number of nitrogens with zero attached hydrogens (tertiary/aromatic N) is 4. The van der Waals surface area contributed by atoms with E-state index in [4.69, 9.17) is 45.9 Å². The van der Waals surface area contributed by atoms with Gasteiger partial charge >= 0.3 is 0 Å². The van der Waals surface area contributed by atoms with Crippen molar-refractivity contribution in [3.63, 3.8) is 0 Å². The average Bonchev–Trinajstić information content (AvgIpc) is 2.41. The number of hydrogen-bond donors (Lipinski definition) is 3. The molecule has 10 heteroatoms. The molecule has 1 aromatic heterocycles. The van der Waals surface area contributed by atoms with Gasteiger partial charge in [0.25, 0.3) is 0 Å². The van der Waals surface area contributed by atoms with Crippen molar-refractivity contribution in [2.24, 2.45) is 15.9 Å². The molecule has 0 atom stereocenters. The van der Waals surface area contributed by atoms with E-state index in [0.717, 1.165) is 6.21 Å². The highest BCUT2D eigenvalue weighted by atomic mass is 35.6. The second-order valence-corrected chi connectivity index (χ2v) is 6.25. The molecule has 2 rings (SSSR count). The number of hydrogen-bond acceptors (Lipinski definition) is 5. The van der Waals surface area contributed by atoms with E-state index in [-0.39, 0.29) is 17.0 Å². The van der Waals surface area contributed by atoms with Crippen molar-refractivity contribution >= 4 is 57.9 Å². The van der Waals surface area contributed by atoms with E-state index in [9.17, 15) is 5.21 Å². The summed E-state index contributed by atoms with van der Waals surface area (Å²) in [4.78, 5) is 4.15. The third kappa shape index (κ3) is 3.63. The van der Waals surface area contributed by atoms with Crippen LogP contribution in [0.1, 0.15) is 5.69 Å². The first-order chi connectivity index (χ1) is 9.79. The summed E-state index contributed by atoms with van der Waals surface area (Å²) in [5.41, 5.74) is 6.11. The molecule has 21 heavy (non-hydrogen) atoms. The molecule has 7 nitrogen and oxygen atoms in total. The SMILES string of the molecule is N=c1c(/C(N)=N/N=C/C(Cl)(Cl)Cl)nc2ccccc2n1O. The molecule has 0 aliphatic heterocycles. The summed E-state index contributed by atoms with van der Waals surface area (Å²) >= 11 is 16.4.